The minimum absolute atomic E-state index is 0.0895. The van der Waals surface area contributed by atoms with Crippen molar-refractivity contribution in [3.63, 3.8) is 0 Å². The number of amidine groups is 1. The average molecular weight is 398 g/mol. The van der Waals surface area contributed by atoms with Crippen LogP contribution in [0.15, 0.2) is 47.5 Å². The number of thioether (sulfide) groups is 1. The van der Waals surface area contributed by atoms with E-state index in [9.17, 15) is 9.59 Å². The Kier molecular flexibility index (Phi) is 6.36. The van der Waals surface area contributed by atoms with Gasteiger partial charge < -0.3 is 15.4 Å². The van der Waals surface area contributed by atoms with Crippen LogP contribution in [0.25, 0.3) is 0 Å². The molecule has 1 aliphatic heterocycles. The SMILES string of the molecule is CCOc1ccc(N=C2NC(=O)[C@@H](CC(=O)Nc3cc(C)ccc3C)S2)cc1. The molecule has 0 saturated carbocycles. The number of carbonyl (C=O) groups is 2. The zero-order valence-electron chi connectivity index (χ0n) is 16.1. The maximum atomic E-state index is 12.4. The lowest BCUT2D eigenvalue weighted by Gasteiger charge is -2.10. The summed E-state index contributed by atoms with van der Waals surface area (Å²) in [6.45, 7) is 6.44. The van der Waals surface area contributed by atoms with Crippen LogP contribution >= 0.6 is 11.8 Å². The number of rotatable bonds is 6. The fourth-order valence-corrected chi connectivity index (χ4v) is 3.72. The van der Waals surface area contributed by atoms with Crippen LogP contribution in [0, 0.1) is 13.8 Å². The van der Waals surface area contributed by atoms with Gasteiger partial charge in [-0.1, -0.05) is 23.9 Å². The van der Waals surface area contributed by atoms with Gasteiger partial charge in [0.05, 0.1) is 12.3 Å². The van der Waals surface area contributed by atoms with E-state index in [1.54, 1.807) is 0 Å². The summed E-state index contributed by atoms with van der Waals surface area (Å²) in [7, 11) is 0. The molecule has 6 nitrogen and oxygen atoms in total. The summed E-state index contributed by atoms with van der Waals surface area (Å²) >= 11 is 1.27. The van der Waals surface area contributed by atoms with Gasteiger partial charge in [0.15, 0.2) is 5.17 Å². The monoisotopic (exact) mass is 397 g/mol. The Morgan fingerprint density at radius 1 is 1.21 bits per heavy atom. The highest BCUT2D eigenvalue weighted by molar-refractivity contribution is 8.15. The molecule has 1 saturated heterocycles. The number of aryl methyl sites for hydroxylation is 2. The number of carbonyl (C=O) groups excluding carboxylic acids is 2. The van der Waals surface area contributed by atoms with Gasteiger partial charge in [0.1, 0.15) is 11.0 Å². The van der Waals surface area contributed by atoms with Gasteiger partial charge in [0, 0.05) is 12.1 Å². The standard InChI is InChI=1S/C21H23N3O3S/c1-4-27-16-9-7-15(8-10-16)22-21-24-20(26)18(28-21)12-19(25)23-17-11-13(2)5-6-14(17)3/h5-11,18H,4,12H2,1-3H3,(H,23,25)(H,22,24,26)/t18-/m1/s1. The first-order valence-corrected chi connectivity index (χ1v) is 9.98. The van der Waals surface area contributed by atoms with Crippen molar-refractivity contribution >= 4 is 40.1 Å². The third-order valence-corrected chi connectivity index (χ3v) is 5.27. The fraction of sp³-hybridized carbons (Fsp3) is 0.286. The Morgan fingerprint density at radius 2 is 1.96 bits per heavy atom. The van der Waals surface area contributed by atoms with E-state index in [4.69, 9.17) is 4.74 Å². The second-order valence-corrected chi connectivity index (χ2v) is 7.70. The van der Waals surface area contributed by atoms with E-state index in [1.165, 1.54) is 11.8 Å². The van der Waals surface area contributed by atoms with Gasteiger partial charge >= 0.3 is 0 Å². The molecule has 1 heterocycles. The number of ether oxygens (including phenoxy) is 1. The summed E-state index contributed by atoms with van der Waals surface area (Å²) in [6, 6.07) is 13.2. The lowest BCUT2D eigenvalue weighted by atomic mass is 10.1. The molecule has 3 rings (SSSR count). The van der Waals surface area contributed by atoms with E-state index in [1.807, 2.05) is 63.2 Å². The van der Waals surface area contributed by atoms with Gasteiger partial charge in [-0.2, -0.15) is 0 Å². The van der Waals surface area contributed by atoms with Crippen LogP contribution in [0.5, 0.6) is 5.75 Å². The van der Waals surface area contributed by atoms with Gasteiger partial charge in [0.2, 0.25) is 11.8 Å². The summed E-state index contributed by atoms with van der Waals surface area (Å²) < 4.78 is 5.41. The third-order valence-electron chi connectivity index (χ3n) is 4.19. The summed E-state index contributed by atoms with van der Waals surface area (Å²) in [5, 5.41) is 5.64. The Morgan fingerprint density at radius 3 is 2.68 bits per heavy atom. The van der Waals surface area contributed by atoms with Crippen molar-refractivity contribution in [3.05, 3.63) is 53.6 Å². The highest BCUT2D eigenvalue weighted by Crippen LogP contribution is 2.27. The molecule has 0 unspecified atom stereocenters. The molecule has 0 aliphatic carbocycles. The molecule has 0 spiro atoms. The van der Waals surface area contributed by atoms with E-state index in [2.05, 4.69) is 15.6 Å². The van der Waals surface area contributed by atoms with E-state index in [0.29, 0.717) is 17.5 Å². The molecule has 1 aliphatic rings. The van der Waals surface area contributed by atoms with Gasteiger partial charge in [-0.05, 0) is 62.2 Å². The van der Waals surface area contributed by atoms with Crippen molar-refractivity contribution in [1.82, 2.24) is 5.32 Å². The van der Waals surface area contributed by atoms with Crippen LogP contribution in [0.1, 0.15) is 24.5 Å². The number of aliphatic imine (C=N–C) groups is 1. The smallest absolute Gasteiger partial charge is 0.240 e. The van der Waals surface area contributed by atoms with Crippen molar-refractivity contribution in [3.8, 4) is 5.75 Å². The molecule has 2 N–H and O–H groups in total. The van der Waals surface area contributed by atoms with Gasteiger partial charge in [-0.3, -0.25) is 9.59 Å². The average Bonchev–Trinajstić information content (AvgIpc) is 2.99. The van der Waals surface area contributed by atoms with E-state index in [0.717, 1.165) is 22.6 Å². The molecule has 0 aromatic heterocycles. The first kappa shape index (κ1) is 19.9. The molecule has 7 heteroatoms. The molecule has 28 heavy (non-hydrogen) atoms. The highest BCUT2D eigenvalue weighted by Gasteiger charge is 2.32. The summed E-state index contributed by atoms with van der Waals surface area (Å²) in [5.74, 6) is 0.380. The number of anilines is 1. The lowest BCUT2D eigenvalue weighted by molar-refractivity contribution is -0.122. The van der Waals surface area contributed by atoms with Crippen molar-refractivity contribution in [2.24, 2.45) is 4.99 Å². The molecular weight excluding hydrogens is 374 g/mol. The van der Waals surface area contributed by atoms with Crippen LogP contribution in [0.3, 0.4) is 0 Å². The number of hydrogen-bond donors (Lipinski definition) is 2. The maximum absolute atomic E-state index is 12.4. The van der Waals surface area contributed by atoms with Gasteiger partial charge in [-0.15, -0.1) is 0 Å². The number of nitrogens with zero attached hydrogens (tertiary/aromatic N) is 1. The summed E-state index contributed by atoms with van der Waals surface area (Å²) in [5.41, 5.74) is 3.54. The molecule has 2 aromatic carbocycles. The van der Waals surface area contributed by atoms with Gasteiger partial charge in [0.25, 0.3) is 0 Å². The molecule has 1 fully saturated rings. The predicted molar refractivity (Wildman–Crippen MR) is 113 cm³/mol. The quantitative estimate of drug-likeness (QED) is 0.773. The first-order chi connectivity index (χ1) is 13.4. The molecule has 0 radical (unpaired) electrons. The third kappa shape index (κ3) is 5.13. The normalized spacial score (nSPS) is 17.5. The Hall–Kier alpha value is -2.80. The van der Waals surface area contributed by atoms with Crippen molar-refractivity contribution < 1.29 is 14.3 Å². The van der Waals surface area contributed by atoms with E-state index < -0.39 is 5.25 Å². The minimum atomic E-state index is -0.494. The molecular formula is C21H23N3O3S. The fourth-order valence-electron chi connectivity index (χ4n) is 2.73. The highest BCUT2D eigenvalue weighted by atomic mass is 32.2. The molecule has 146 valence electrons. The van der Waals surface area contributed by atoms with Gasteiger partial charge in [-0.25, -0.2) is 4.99 Å². The van der Waals surface area contributed by atoms with Crippen molar-refractivity contribution in [1.29, 1.82) is 0 Å². The van der Waals surface area contributed by atoms with Crippen molar-refractivity contribution in [2.75, 3.05) is 11.9 Å². The number of hydrogen-bond acceptors (Lipinski definition) is 5. The maximum Gasteiger partial charge on any atom is 0.240 e. The van der Waals surface area contributed by atoms with Crippen LogP contribution in [0.4, 0.5) is 11.4 Å². The van der Waals surface area contributed by atoms with Crippen LogP contribution in [-0.4, -0.2) is 28.8 Å². The van der Waals surface area contributed by atoms with Crippen LogP contribution in [-0.2, 0) is 9.59 Å². The Balaban J connectivity index is 1.60. The Labute approximate surface area is 168 Å². The summed E-state index contributed by atoms with van der Waals surface area (Å²) in [6.07, 6.45) is 0.0895. The number of benzene rings is 2. The van der Waals surface area contributed by atoms with E-state index in [-0.39, 0.29) is 18.2 Å². The second kappa shape index (κ2) is 8.93. The molecule has 2 aromatic rings. The molecule has 1 atom stereocenters. The second-order valence-electron chi connectivity index (χ2n) is 6.51. The largest absolute Gasteiger partial charge is 0.494 e. The Bertz CT molecular complexity index is 910. The van der Waals surface area contributed by atoms with E-state index >= 15 is 0 Å². The molecule has 2 amide bonds. The van der Waals surface area contributed by atoms with Crippen LogP contribution < -0.4 is 15.4 Å². The first-order valence-electron chi connectivity index (χ1n) is 9.11. The zero-order chi connectivity index (χ0) is 20.1. The lowest BCUT2D eigenvalue weighted by Crippen LogP contribution is -2.28. The predicted octanol–water partition coefficient (Wildman–Crippen LogP) is 3.95. The van der Waals surface area contributed by atoms with Crippen molar-refractivity contribution in [2.45, 2.75) is 32.4 Å². The topological polar surface area (TPSA) is 79.8 Å². The number of amides is 2. The minimum Gasteiger partial charge on any atom is -0.494 e. The summed E-state index contributed by atoms with van der Waals surface area (Å²) in [4.78, 5) is 29.0. The molecule has 0 bridgehead atoms. The zero-order valence-corrected chi connectivity index (χ0v) is 16.9. The van der Waals surface area contributed by atoms with Crippen LogP contribution in [0.2, 0.25) is 0 Å². The number of nitrogens with one attached hydrogen (secondary N) is 2.